The van der Waals surface area contributed by atoms with E-state index in [4.69, 9.17) is 4.74 Å². The van der Waals surface area contributed by atoms with Crippen LogP contribution < -0.4 is 4.74 Å². The molecule has 0 bridgehead atoms. The highest BCUT2D eigenvalue weighted by atomic mass is 16.5. The molecule has 1 aliphatic rings. The Hall–Kier alpha value is -7.36. The molecule has 3 heteroatoms. The summed E-state index contributed by atoms with van der Waals surface area (Å²) < 4.78 is 11.7. The maximum atomic E-state index is 6.90. The summed E-state index contributed by atoms with van der Waals surface area (Å²) in [6.07, 6.45) is 0. The predicted octanol–water partition coefficient (Wildman–Crippen LogP) is 14.1. The van der Waals surface area contributed by atoms with Crippen molar-refractivity contribution in [2.75, 3.05) is 0 Å². The van der Waals surface area contributed by atoms with Gasteiger partial charge in [0.2, 0.25) is 0 Å². The molecule has 3 heterocycles. The molecule has 12 rings (SSSR count). The molecule has 0 atom stereocenters. The summed E-state index contributed by atoms with van der Waals surface area (Å²) in [7, 11) is 0. The number of hydrogen-bond donors (Lipinski definition) is 0. The average molecular weight is 701 g/mol. The van der Waals surface area contributed by atoms with Crippen LogP contribution in [0.5, 0.6) is 11.5 Å². The molecule has 0 amide bonds. The van der Waals surface area contributed by atoms with Gasteiger partial charge in [0.05, 0.1) is 22.1 Å². The first kappa shape index (κ1) is 30.1. The molecule has 0 saturated heterocycles. The number of aromatic nitrogens is 2. The molecule has 0 fully saturated rings. The quantitative estimate of drug-likeness (QED) is 0.179. The Morgan fingerprint density at radius 3 is 1.56 bits per heavy atom. The number of fused-ring (bicyclic) bond motifs is 9. The Balaban J connectivity index is 1.09. The molecule has 0 N–H and O–H groups in total. The fourth-order valence-electron chi connectivity index (χ4n) is 9.06. The molecule has 9 aromatic carbocycles. The first-order valence-electron chi connectivity index (χ1n) is 18.8. The van der Waals surface area contributed by atoms with E-state index in [9.17, 15) is 0 Å². The molecule has 0 aliphatic carbocycles. The topological polar surface area (TPSA) is 19.1 Å². The van der Waals surface area contributed by atoms with Crippen molar-refractivity contribution in [3.63, 3.8) is 0 Å². The SMILES string of the molecule is c1ccc(-c2ccc3c(c2)c2cc(-c4ccccc4)ccc2n3-c2ccc3c(c2)-c2cccc4c2c(cc2c4c4ccccc4n2-c2ccccc2)O3)cc1. The van der Waals surface area contributed by atoms with Gasteiger partial charge in [-0.25, -0.2) is 0 Å². The maximum Gasteiger partial charge on any atom is 0.138 e. The van der Waals surface area contributed by atoms with Gasteiger partial charge in [0.1, 0.15) is 11.5 Å². The van der Waals surface area contributed by atoms with Crippen molar-refractivity contribution in [3.8, 4) is 56.3 Å². The van der Waals surface area contributed by atoms with Gasteiger partial charge in [-0.15, -0.1) is 0 Å². The second-order valence-electron chi connectivity index (χ2n) is 14.5. The van der Waals surface area contributed by atoms with Crippen molar-refractivity contribution in [1.29, 1.82) is 0 Å². The fourth-order valence-corrected chi connectivity index (χ4v) is 9.06. The molecule has 0 radical (unpaired) electrons. The van der Waals surface area contributed by atoms with Crippen LogP contribution in [-0.2, 0) is 0 Å². The van der Waals surface area contributed by atoms with Gasteiger partial charge >= 0.3 is 0 Å². The summed E-state index contributed by atoms with van der Waals surface area (Å²) in [4.78, 5) is 0. The van der Waals surface area contributed by atoms with Crippen molar-refractivity contribution in [3.05, 3.63) is 194 Å². The van der Waals surface area contributed by atoms with Crippen LogP contribution in [0.3, 0.4) is 0 Å². The second-order valence-corrected chi connectivity index (χ2v) is 14.5. The lowest BCUT2D eigenvalue weighted by Crippen LogP contribution is -2.01. The van der Waals surface area contributed by atoms with Gasteiger partial charge in [-0.1, -0.05) is 127 Å². The Morgan fingerprint density at radius 1 is 0.291 bits per heavy atom. The minimum atomic E-state index is 0.865. The maximum absolute atomic E-state index is 6.90. The first-order chi connectivity index (χ1) is 27.3. The molecule has 55 heavy (non-hydrogen) atoms. The molecule has 3 nitrogen and oxygen atoms in total. The highest BCUT2D eigenvalue weighted by Gasteiger charge is 2.26. The van der Waals surface area contributed by atoms with Crippen LogP contribution in [0.2, 0.25) is 0 Å². The number of rotatable bonds is 4. The number of ether oxygens (including phenoxy) is 1. The Labute approximate surface area is 317 Å². The van der Waals surface area contributed by atoms with Crippen molar-refractivity contribution in [1.82, 2.24) is 9.13 Å². The summed E-state index contributed by atoms with van der Waals surface area (Å²) in [5.74, 6) is 1.75. The zero-order valence-electron chi connectivity index (χ0n) is 29.8. The molecular formula is C52H32N2O. The highest BCUT2D eigenvalue weighted by Crippen LogP contribution is 2.51. The van der Waals surface area contributed by atoms with Crippen LogP contribution in [0.25, 0.3) is 99.1 Å². The second kappa shape index (κ2) is 11.6. The Kier molecular flexibility index (Phi) is 6.34. The molecule has 0 spiro atoms. The monoisotopic (exact) mass is 700 g/mol. The van der Waals surface area contributed by atoms with Gasteiger partial charge in [0.25, 0.3) is 0 Å². The van der Waals surface area contributed by atoms with Gasteiger partial charge in [-0.05, 0) is 93.9 Å². The number of para-hydroxylation sites is 2. The molecule has 256 valence electrons. The van der Waals surface area contributed by atoms with E-state index < -0.39 is 0 Å². The van der Waals surface area contributed by atoms with E-state index in [1.165, 1.54) is 71.3 Å². The van der Waals surface area contributed by atoms with Gasteiger partial charge < -0.3 is 13.9 Å². The Morgan fingerprint density at radius 2 is 0.873 bits per heavy atom. The van der Waals surface area contributed by atoms with Gasteiger partial charge in [0.15, 0.2) is 0 Å². The van der Waals surface area contributed by atoms with Gasteiger partial charge in [0, 0.05) is 49.9 Å². The highest BCUT2D eigenvalue weighted by molar-refractivity contribution is 6.25. The van der Waals surface area contributed by atoms with E-state index in [0.717, 1.165) is 39.3 Å². The summed E-state index contributed by atoms with van der Waals surface area (Å²) >= 11 is 0. The van der Waals surface area contributed by atoms with Crippen molar-refractivity contribution < 1.29 is 4.74 Å². The van der Waals surface area contributed by atoms with Crippen LogP contribution in [0, 0.1) is 0 Å². The van der Waals surface area contributed by atoms with E-state index in [1.807, 2.05) is 0 Å². The van der Waals surface area contributed by atoms with Crippen molar-refractivity contribution in [2.24, 2.45) is 0 Å². The summed E-state index contributed by atoms with van der Waals surface area (Å²) in [5, 5.41) is 7.29. The van der Waals surface area contributed by atoms with E-state index in [2.05, 4.69) is 203 Å². The third-order valence-corrected chi connectivity index (χ3v) is 11.5. The average Bonchev–Trinajstić information content (AvgIpc) is 3.76. The Bertz CT molecular complexity index is 3220. The lowest BCUT2D eigenvalue weighted by molar-refractivity contribution is 0.487. The van der Waals surface area contributed by atoms with Crippen LogP contribution in [0.4, 0.5) is 0 Å². The molecule has 0 unspecified atom stereocenters. The normalized spacial score (nSPS) is 12.1. The summed E-state index contributed by atoms with van der Waals surface area (Å²) in [6.45, 7) is 0. The van der Waals surface area contributed by atoms with Crippen LogP contribution >= 0.6 is 0 Å². The molecule has 2 aromatic heterocycles. The smallest absolute Gasteiger partial charge is 0.138 e. The van der Waals surface area contributed by atoms with Gasteiger partial charge in [-0.3, -0.25) is 0 Å². The molecule has 11 aromatic rings. The standard InChI is InChI=1S/C52H32N2O/c1-4-13-33(14-5-1)35-23-26-46-42(29-35)43-30-36(34-15-6-2-7-16-34)24-27-47(43)54(46)38-25-28-49-44(31-38)39-20-12-21-41-51-40-19-10-11-22-45(40)53(37-17-8-3-9-18-37)48(51)32-50(55-49)52(39)41/h1-32H. The van der Waals surface area contributed by atoms with Crippen LogP contribution in [0.1, 0.15) is 0 Å². The van der Waals surface area contributed by atoms with E-state index in [1.54, 1.807) is 0 Å². The van der Waals surface area contributed by atoms with Gasteiger partial charge in [-0.2, -0.15) is 0 Å². The van der Waals surface area contributed by atoms with E-state index >= 15 is 0 Å². The first-order valence-corrected chi connectivity index (χ1v) is 18.8. The molecular weight excluding hydrogens is 669 g/mol. The zero-order chi connectivity index (χ0) is 36.0. The summed E-state index contributed by atoms with van der Waals surface area (Å²) in [6, 6.07) is 70.1. The zero-order valence-corrected chi connectivity index (χ0v) is 29.8. The summed E-state index contributed by atoms with van der Waals surface area (Å²) in [5.41, 5.74) is 14.0. The minimum absolute atomic E-state index is 0.865. The fraction of sp³-hybridized carbons (Fsp3) is 0. The lowest BCUT2D eigenvalue weighted by Gasteiger charge is -2.23. The minimum Gasteiger partial charge on any atom is -0.456 e. The lowest BCUT2D eigenvalue weighted by atomic mass is 9.92. The third-order valence-electron chi connectivity index (χ3n) is 11.5. The van der Waals surface area contributed by atoms with Crippen molar-refractivity contribution >= 4 is 54.4 Å². The number of benzene rings is 9. The number of nitrogens with zero attached hydrogens (tertiary/aromatic N) is 2. The van der Waals surface area contributed by atoms with Crippen molar-refractivity contribution in [2.45, 2.75) is 0 Å². The third kappa shape index (κ3) is 4.44. The molecule has 0 saturated carbocycles. The van der Waals surface area contributed by atoms with Crippen LogP contribution in [0.15, 0.2) is 194 Å². The predicted molar refractivity (Wildman–Crippen MR) is 229 cm³/mol. The van der Waals surface area contributed by atoms with E-state index in [0.29, 0.717) is 0 Å². The molecule has 1 aliphatic heterocycles. The van der Waals surface area contributed by atoms with Crippen LogP contribution in [-0.4, -0.2) is 9.13 Å². The van der Waals surface area contributed by atoms with E-state index in [-0.39, 0.29) is 0 Å². The number of hydrogen-bond acceptors (Lipinski definition) is 1. The largest absolute Gasteiger partial charge is 0.456 e.